The fourth-order valence-corrected chi connectivity index (χ4v) is 3.38. The van der Waals surface area contributed by atoms with Crippen molar-refractivity contribution >= 4 is 15.7 Å². The maximum atomic E-state index is 12.5. The number of benzene rings is 1. The summed E-state index contributed by atoms with van der Waals surface area (Å²) in [6.45, 7) is 3.96. The lowest BCUT2D eigenvalue weighted by molar-refractivity contribution is 0.600. The standard InChI is InChI=1S/C13H18N4O2S/c1-9-4-11(6-14)5-13(10(9)2)20(18,19)16-12-7-15-17(3)8-12/h4-5,7-8,16H,6,14H2,1-3H3. The molecule has 0 atom stereocenters. The lowest BCUT2D eigenvalue weighted by Gasteiger charge is -2.12. The molecule has 0 aliphatic carbocycles. The number of sulfonamides is 1. The average Bonchev–Trinajstić information content (AvgIpc) is 2.76. The van der Waals surface area contributed by atoms with Gasteiger partial charge in [-0.3, -0.25) is 9.40 Å². The Balaban J connectivity index is 2.46. The maximum Gasteiger partial charge on any atom is 0.262 e. The lowest BCUT2D eigenvalue weighted by atomic mass is 10.1. The van der Waals surface area contributed by atoms with Crippen LogP contribution < -0.4 is 10.5 Å². The molecule has 20 heavy (non-hydrogen) atoms. The second-order valence-corrected chi connectivity index (χ2v) is 6.40. The summed E-state index contributed by atoms with van der Waals surface area (Å²) in [4.78, 5) is 0.252. The van der Waals surface area contributed by atoms with Gasteiger partial charge in [-0.25, -0.2) is 8.42 Å². The number of hydrogen-bond acceptors (Lipinski definition) is 4. The predicted molar refractivity (Wildman–Crippen MR) is 77.8 cm³/mol. The van der Waals surface area contributed by atoms with Crippen molar-refractivity contribution in [2.45, 2.75) is 25.3 Å². The van der Waals surface area contributed by atoms with E-state index in [0.29, 0.717) is 12.2 Å². The van der Waals surface area contributed by atoms with E-state index in [0.717, 1.165) is 16.7 Å². The molecule has 0 aliphatic rings. The van der Waals surface area contributed by atoms with Crippen molar-refractivity contribution in [2.24, 2.45) is 12.8 Å². The van der Waals surface area contributed by atoms with Gasteiger partial charge in [0.15, 0.2) is 0 Å². The largest absolute Gasteiger partial charge is 0.326 e. The van der Waals surface area contributed by atoms with Gasteiger partial charge in [0.25, 0.3) is 10.0 Å². The Morgan fingerprint density at radius 2 is 2.05 bits per heavy atom. The molecule has 3 N–H and O–H groups in total. The van der Waals surface area contributed by atoms with Crippen LogP contribution in [0.1, 0.15) is 16.7 Å². The highest BCUT2D eigenvalue weighted by Crippen LogP contribution is 2.23. The second-order valence-electron chi connectivity index (χ2n) is 4.75. The highest BCUT2D eigenvalue weighted by atomic mass is 32.2. The smallest absolute Gasteiger partial charge is 0.262 e. The van der Waals surface area contributed by atoms with Crippen LogP contribution in [0.5, 0.6) is 0 Å². The van der Waals surface area contributed by atoms with Gasteiger partial charge < -0.3 is 5.73 Å². The van der Waals surface area contributed by atoms with Crippen molar-refractivity contribution < 1.29 is 8.42 Å². The summed E-state index contributed by atoms with van der Waals surface area (Å²) < 4.78 is 29.0. The molecule has 0 amide bonds. The van der Waals surface area contributed by atoms with Gasteiger partial charge >= 0.3 is 0 Å². The molecule has 7 heteroatoms. The van der Waals surface area contributed by atoms with Crippen LogP contribution in [0.2, 0.25) is 0 Å². The quantitative estimate of drug-likeness (QED) is 0.889. The monoisotopic (exact) mass is 294 g/mol. The number of nitrogens with two attached hydrogens (primary N) is 1. The molecule has 2 aromatic rings. The number of hydrogen-bond donors (Lipinski definition) is 2. The van der Waals surface area contributed by atoms with Crippen molar-refractivity contribution in [3.63, 3.8) is 0 Å². The van der Waals surface area contributed by atoms with E-state index < -0.39 is 10.0 Å². The molecular weight excluding hydrogens is 276 g/mol. The van der Waals surface area contributed by atoms with Crippen LogP contribution in [0.15, 0.2) is 29.4 Å². The van der Waals surface area contributed by atoms with Gasteiger partial charge in [-0.05, 0) is 36.6 Å². The van der Waals surface area contributed by atoms with Crippen LogP contribution in [0, 0.1) is 13.8 Å². The second kappa shape index (κ2) is 5.26. The van der Waals surface area contributed by atoms with Crippen LogP contribution in [-0.2, 0) is 23.6 Å². The average molecular weight is 294 g/mol. The van der Waals surface area contributed by atoms with Crippen LogP contribution in [0.25, 0.3) is 0 Å². The molecule has 0 aliphatic heterocycles. The van der Waals surface area contributed by atoms with Crippen LogP contribution in [0.4, 0.5) is 5.69 Å². The molecule has 0 radical (unpaired) electrons. The van der Waals surface area contributed by atoms with E-state index >= 15 is 0 Å². The minimum absolute atomic E-state index is 0.252. The molecule has 1 aromatic carbocycles. The van der Waals surface area contributed by atoms with Gasteiger partial charge in [-0.1, -0.05) is 6.07 Å². The molecule has 108 valence electrons. The predicted octanol–water partition coefficient (Wildman–Crippen LogP) is 1.30. The summed E-state index contributed by atoms with van der Waals surface area (Å²) in [5, 5.41) is 3.94. The van der Waals surface area contributed by atoms with Gasteiger partial charge in [-0.2, -0.15) is 5.10 Å². The van der Waals surface area contributed by atoms with E-state index in [1.165, 1.54) is 10.9 Å². The van der Waals surface area contributed by atoms with Crippen molar-refractivity contribution in [3.8, 4) is 0 Å². The van der Waals surface area contributed by atoms with Gasteiger partial charge in [0.2, 0.25) is 0 Å². The minimum atomic E-state index is -3.64. The SMILES string of the molecule is Cc1cc(CN)cc(S(=O)(=O)Nc2cnn(C)c2)c1C. The third kappa shape index (κ3) is 2.83. The number of aromatic nitrogens is 2. The Labute approximate surface area is 118 Å². The zero-order valence-electron chi connectivity index (χ0n) is 11.7. The number of nitrogens with zero attached hydrogens (tertiary/aromatic N) is 2. The summed E-state index contributed by atoms with van der Waals surface area (Å²) in [6.07, 6.45) is 3.07. The van der Waals surface area contributed by atoms with E-state index in [1.54, 1.807) is 26.2 Å². The summed E-state index contributed by atoms with van der Waals surface area (Å²) >= 11 is 0. The first kappa shape index (κ1) is 14.5. The number of anilines is 1. The highest BCUT2D eigenvalue weighted by Gasteiger charge is 2.19. The van der Waals surface area contributed by atoms with E-state index in [1.807, 2.05) is 13.0 Å². The van der Waals surface area contributed by atoms with Crippen molar-refractivity contribution in [2.75, 3.05) is 4.72 Å². The zero-order valence-corrected chi connectivity index (χ0v) is 12.5. The summed E-state index contributed by atoms with van der Waals surface area (Å²) in [5.74, 6) is 0. The van der Waals surface area contributed by atoms with Gasteiger partial charge in [-0.15, -0.1) is 0 Å². The van der Waals surface area contributed by atoms with Gasteiger partial charge in [0.05, 0.1) is 16.8 Å². The molecule has 0 saturated heterocycles. The first-order valence-electron chi connectivity index (χ1n) is 6.15. The van der Waals surface area contributed by atoms with Crippen molar-refractivity contribution in [1.82, 2.24) is 9.78 Å². The van der Waals surface area contributed by atoms with Crippen LogP contribution in [-0.4, -0.2) is 18.2 Å². The lowest BCUT2D eigenvalue weighted by Crippen LogP contribution is -2.15. The molecule has 0 saturated carbocycles. The van der Waals surface area contributed by atoms with Gasteiger partial charge in [0.1, 0.15) is 0 Å². The molecule has 0 fully saturated rings. The molecule has 0 bridgehead atoms. The molecular formula is C13H18N4O2S. The summed E-state index contributed by atoms with van der Waals surface area (Å²) in [6, 6.07) is 3.51. The Hall–Kier alpha value is -1.86. The fourth-order valence-electron chi connectivity index (χ4n) is 1.98. The molecule has 1 heterocycles. The third-order valence-electron chi connectivity index (χ3n) is 3.16. The topological polar surface area (TPSA) is 90.0 Å². The summed E-state index contributed by atoms with van der Waals surface area (Å²) in [7, 11) is -1.92. The highest BCUT2D eigenvalue weighted by molar-refractivity contribution is 7.92. The van der Waals surface area contributed by atoms with Crippen LogP contribution in [0.3, 0.4) is 0 Å². The normalized spacial score (nSPS) is 11.6. The van der Waals surface area contributed by atoms with E-state index in [-0.39, 0.29) is 4.90 Å². The van der Waals surface area contributed by atoms with E-state index in [2.05, 4.69) is 9.82 Å². The van der Waals surface area contributed by atoms with E-state index in [4.69, 9.17) is 5.73 Å². The Morgan fingerprint density at radius 3 is 2.60 bits per heavy atom. The first-order chi connectivity index (χ1) is 9.33. The van der Waals surface area contributed by atoms with Crippen molar-refractivity contribution in [3.05, 3.63) is 41.2 Å². The number of rotatable bonds is 4. The molecule has 1 aromatic heterocycles. The maximum absolute atomic E-state index is 12.5. The Kier molecular flexibility index (Phi) is 3.82. The zero-order chi connectivity index (χ0) is 14.9. The summed E-state index contributed by atoms with van der Waals surface area (Å²) in [5.41, 5.74) is 8.46. The number of nitrogens with one attached hydrogen (secondary N) is 1. The van der Waals surface area contributed by atoms with E-state index in [9.17, 15) is 8.42 Å². The first-order valence-corrected chi connectivity index (χ1v) is 7.63. The molecule has 0 spiro atoms. The molecule has 6 nitrogen and oxygen atoms in total. The molecule has 2 rings (SSSR count). The molecule has 0 unspecified atom stereocenters. The van der Waals surface area contributed by atoms with Crippen molar-refractivity contribution in [1.29, 1.82) is 0 Å². The minimum Gasteiger partial charge on any atom is -0.326 e. The number of aryl methyl sites for hydroxylation is 2. The Bertz CT molecular complexity index is 735. The van der Waals surface area contributed by atoms with Crippen LogP contribution >= 0.6 is 0 Å². The third-order valence-corrected chi connectivity index (χ3v) is 4.67. The van der Waals surface area contributed by atoms with Gasteiger partial charge in [0, 0.05) is 19.8 Å². The Morgan fingerprint density at radius 1 is 1.35 bits per heavy atom. The fraction of sp³-hybridized carbons (Fsp3) is 0.308.